The largest absolute Gasteiger partial charge is 0.477 e. The molecule has 0 spiro atoms. The Kier molecular flexibility index (Phi) is 5.21. The molecular weight excluding hydrogens is 327 g/mol. The summed E-state index contributed by atoms with van der Waals surface area (Å²) in [6.45, 7) is 3.75. The van der Waals surface area contributed by atoms with Crippen LogP contribution in [0.15, 0.2) is 30.5 Å². The van der Waals surface area contributed by atoms with Crippen LogP contribution in [0.3, 0.4) is 0 Å². The summed E-state index contributed by atoms with van der Waals surface area (Å²) in [5.74, 6) is -0.242. The molecule has 0 aliphatic carbocycles. The Morgan fingerprint density at radius 2 is 2.09 bits per heavy atom. The molecular formula is C15H14Cl2N2O3. The molecule has 0 saturated heterocycles. The second-order valence-corrected chi connectivity index (χ2v) is 5.47. The third-order valence-electron chi connectivity index (χ3n) is 3.21. The first-order valence-corrected chi connectivity index (χ1v) is 7.41. The Morgan fingerprint density at radius 1 is 1.36 bits per heavy atom. The summed E-state index contributed by atoms with van der Waals surface area (Å²) in [7, 11) is 0. The molecule has 22 heavy (non-hydrogen) atoms. The van der Waals surface area contributed by atoms with E-state index in [0.29, 0.717) is 22.0 Å². The van der Waals surface area contributed by atoms with Gasteiger partial charge in [-0.15, -0.1) is 0 Å². The lowest BCUT2D eigenvalue weighted by atomic mass is 10.0. The van der Waals surface area contributed by atoms with Gasteiger partial charge >= 0.3 is 5.82 Å². The second-order valence-electron chi connectivity index (χ2n) is 4.69. The number of aryl methyl sites for hydroxylation is 1. The van der Waals surface area contributed by atoms with Gasteiger partial charge in [0.05, 0.1) is 5.02 Å². The van der Waals surface area contributed by atoms with Gasteiger partial charge in [0.15, 0.2) is 0 Å². The normalized spacial score (nSPS) is 12.0. The molecule has 0 amide bonds. The molecule has 0 radical (unpaired) electrons. The molecule has 1 atom stereocenters. The molecule has 0 N–H and O–H groups in total. The van der Waals surface area contributed by atoms with Crippen molar-refractivity contribution in [1.82, 2.24) is 4.98 Å². The van der Waals surface area contributed by atoms with Gasteiger partial charge in [-0.05, 0) is 47.0 Å². The predicted octanol–water partition coefficient (Wildman–Crippen LogP) is 5.14. The summed E-state index contributed by atoms with van der Waals surface area (Å²) in [6, 6.07) is 6.63. The maximum Gasteiger partial charge on any atom is 0.406 e. The van der Waals surface area contributed by atoms with Crippen LogP contribution in [-0.2, 0) is 0 Å². The quantitative estimate of drug-likeness (QED) is 0.558. The summed E-state index contributed by atoms with van der Waals surface area (Å²) >= 11 is 12.6. The highest BCUT2D eigenvalue weighted by Gasteiger charge is 2.24. The van der Waals surface area contributed by atoms with Crippen molar-refractivity contribution in [2.45, 2.75) is 26.4 Å². The summed E-state index contributed by atoms with van der Waals surface area (Å²) in [4.78, 5) is 14.2. The van der Waals surface area contributed by atoms with E-state index in [0.717, 1.165) is 5.56 Å². The van der Waals surface area contributed by atoms with Crippen LogP contribution in [0, 0.1) is 17.0 Å². The van der Waals surface area contributed by atoms with E-state index in [-0.39, 0.29) is 11.6 Å². The third-order valence-corrected chi connectivity index (χ3v) is 4.04. The monoisotopic (exact) mass is 340 g/mol. The Balaban J connectivity index is 2.43. The van der Waals surface area contributed by atoms with E-state index in [1.54, 1.807) is 12.1 Å². The SMILES string of the molecule is CCC(Oc1cccnc1[N+](=O)[O-])c1c(Cl)ccc(C)c1Cl. The number of hydrogen-bond donors (Lipinski definition) is 0. The van der Waals surface area contributed by atoms with Crippen molar-refractivity contribution in [3.8, 4) is 5.75 Å². The first kappa shape index (κ1) is 16.5. The Hall–Kier alpha value is -1.85. The highest BCUT2D eigenvalue weighted by atomic mass is 35.5. The minimum atomic E-state index is -0.582. The molecule has 0 fully saturated rings. The molecule has 5 nitrogen and oxygen atoms in total. The fourth-order valence-corrected chi connectivity index (χ4v) is 2.70. The van der Waals surface area contributed by atoms with Gasteiger partial charge < -0.3 is 14.9 Å². The maximum atomic E-state index is 11.0. The number of nitrogens with zero attached hydrogens (tertiary/aromatic N) is 2. The molecule has 0 saturated carbocycles. The molecule has 1 aromatic heterocycles. The predicted molar refractivity (Wildman–Crippen MR) is 85.8 cm³/mol. The zero-order valence-corrected chi connectivity index (χ0v) is 13.6. The molecule has 0 aliphatic heterocycles. The first-order chi connectivity index (χ1) is 10.5. The fraction of sp³-hybridized carbons (Fsp3) is 0.267. The summed E-state index contributed by atoms with van der Waals surface area (Å²) in [5, 5.41) is 12.0. The molecule has 1 unspecified atom stereocenters. The van der Waals surface area contributed by atoms with Crippen molar-refractivity contribution in [1.29, 1.82) is 0 Å². The van der Waals surface area contributed by atoms with Gasteiger partial charge in [-0.25, -0.2) is 0 Å². The van der Waals surface area contributed by atoms with Gasteiger partial charge in [-0.1, -0.05) is 36.2 Å². The van der Waals surface area contributed by atoms with Gasteiger partial charge in [0.2, 0.25) is 5.75 Å². The molecule has 2 aromatic rings. The lowest BCUT2D eigenvalue weighted by molar-refractivity contribution is -0.390. The topological polar surface area (TPSA) is 65.3 Å². The molecule has 7 heteroatoms. The van der Waals surface area contributed by atoms with E-state index < -0.39 is 11.0 Å². The number of benzene rings is 1. The summed E-state index contributed by atoms with van der Waals surface area (Å²) in [6.07, 6.45) is 1.40. The van der Waals surface area contributed by atoms with Crippen molar-refractivity contribution in [2.24, 2.45) is 0 Å². The number of ether oxygens (including phenoxy) is 1. The van der Waals surface area contributed by atoms with E-state index in [9.17, 15) is 10.1 Å². The lowest BCUT2D eigenvalue weighted by Crippen LogP contribution is -2.10. The van der Waals surface area contributed by atoms with E-state index in [1.807, 2.05) is 19.9 Å². The highest BCUT2D eigenvalue weighted by molar-refractivity contribution is 6.36. The number of rotatable bonds is 5. The Bertz CT molecular complexity index is 707. The zero-order valence-electron chi connectivity index (χ0n) is 12.0. The highest BCUT2D eigenvalue weighted by Crippen LogP contribution is 2.38. The lowest BCUT2D eigenvalue weighted by Gasteiger charge is -2.20. The van der Waals surface area contributed by atoms with Crippen LogP contribution in [0.4, 0.5) is 5.82 Å². The minimum Gasteiger partial charge on any atom is -0.477 e. The average Bonchev–Trinajstić information content (AvgIpc) is 2.50. The Morgan fingerprint density at radius 3 is 2.73 bits per heavy atom. The van der Waals surface area contributed by atoms with Gasteiger partial charge in [0, 0.05) is 10.6 Å². The van der Waals surface area contributed by atoms with Crippen molar-refractivity contribution < 1.29 is 9.66 Å². The van der Waals surface area contributed by atoms with Crippen LogP contribution in [0.1, 0.15) is 30.6 Å². The maximum absolute atomic E-state index is 11.0. The Labute approximate surface area is 138 Å². The van der Waals surface area contributed by atoms with Crippen molar-refractivity contribution in [3.63, 3.8) is 0 Å². The molecule has 2 rings (SSSR count). The summed E-state index contributed by atoms with van der Waals surface area (Å²) < 4.78 is 5.79. The van der Waals surface area contributed by atoms with Crippen LogP contribution >= 0.6 is 23.2 Å². The van der Waals surface area contributed by atoms with Gasteiger partial charge in [0.1, 0.15) is 12.3 Å². The average molecular weight is 341 g/mol. The van der Waals surface area contributed by atoms with Gasteiger partial charge in [-0.3, -0.25) is 0 Å². The molecule has 0 aliphatic rings. The van der Waals surface area contributed by atoms with E-state index in [4.69, 9.17) is 27.9 Å². The number of aromatic nitrogens is 1. The number of halogens is 2. The van der Waals surface area contributed by atoms with E-state index in [2.05, 4.69) is 4.98 Å². The second kappa shape index (κ2) is 6.94. The number of pyridine rings is 1. The van der Waals surface area contributed by atoms with Crippen LogP contribution in [0.5, 0.6) is 5.75 Å². The van der Waals surface area contributed by atoms with Crippen molar-refractivity contribution in [2.75, 3.05) is 0 Å². The fourth-order valence-electron chi connectivity index (χ4n) is 2.08. The van der Waals surface area contributed by atoms with Crippen LogP contribution in [-0.4, -0.2) is 9.91 Å². The third kappa shape index (κ3) is 3.31. The van der Waals surface area contributed by atoms with Crippen molar-refractivity contribution >= 4 is 29.0 Å². The zero-order chi connectivity index (χ0) is 16.3. The molecule has 0 bridgehead atoms. The molecule has 116 valence electrons. The summed E-state index contributed by atoms with van der Waals surface area (Å²) in [5.41, 5.74) is 1.49. The van der Waals surface area contributed by atoms with Crippen molar-refractivity contribution in [3.05, 3.63) is 61.7 Å². The molecule has 1 aromatic carbocycles. The van der Waals surface area contributed by atoms with Crippen LogP contribution in [0.25, 0.3) is 0 Å². The minimum absolute atomic E-state index is 0.0907. The van der Waals surface area contributed by atoms with Crippen LogP contribution in [0.2, 0.25) is 10.0 Å². The smallest absolute Gasteiger partial charge is 0.406 e. The first-order valence-electron chi connectivity index (χ1n) is 6.66. The van der Waals surface area contributed by atoms with E-state index >= 15 is 0 Å². The number of hydrogen-bond acceptors (Lipinski definition) is 4. The van der Waals surface area contributed by atoms with Crippen LogP contribution < -0.4 is 4.74 Å². The molecule has 1 heterocycles. The standard InChI is InChI=1S/C15H14Cl2N2O3/c1-3-11(13-10(16)7-6-9(2)14(13)17)22-12-5-4-8-18-15(12)19(20)21/h4-8,11H,3H2,1-2H3. The number of nitro groups is 1. The van der Waals surface area contributed by atoms with Gasteiger partial charge in [-0.2, -0.15) is 0 Å². The van der Waals surface area contributed by atoms with E-state index in [1.165, 1.54) is 12.3 Å². The van der Waals surface area contributed by atoms with Gasteiger partial charge in [0.25, 0.3) is 0 Å².